The van der Waals surface area contributed by atoms with Gasteiger partial charge in [0.05, 0.1) is 6.61 Å². The summed E-state index contributed by atoms with van der Waals surface area (Å²) < 4.78 is 4.79. The van der Waals surface area contributed by atoms with Gasteiger partial charge in [0.1, 0.15) is 0 Å². The fourth-order valence-corrected chi connectivity index (χ4v) is 0.370. The predicted octanol–water partition coefficient (Wildman–Crippen LogP) is -0.104. The van der Waals surface area contributed by atoms with Crippen LogP contribution in [0.3, 0.4) is 0 Å². The van der Waals surface area contributed by atoms with Gasteiger partial charge in [-0.25, -0.2) is 0 Å². The molecule has 1 heterocycles. The van der Waals surface area contributed by atoms with E-state index in [4.69, 9.17) is 4.74 Å². The lowest BCUT2D eigenvalue weighted by Gasteiger charge is -1.87. The molecule has 1 rings (SSSR count). The van der Waals surface area contributed by atoms with Crippen molar-refractivity contribution in [1.29, 1.82) is 0 Å². The van der Waals surface area contributed by atoms with Gasteiger partial charge in [0.2, 0.25) is 0 Å². The zero-order valence-corrected chi connectivity index (χ0v) is 5.48. The van der Waals surface area contributed by atoms with Crippen molar-refractivity contribution in [2.24, 2.45) is 4.99 Å². The number of H-pyrrole nitrogens is 1. The van der Waals surface area contributed by atoms with Crippen LogP contribution in [0.4, 0.5) is 5.95 Å². The minimum atomic E-state index is 0.272. The van der Waals surface area contributed by atoms with Gasteiger partial charge in [0.25, 0.3) is 5.95 Å². The first-order chi connectivity index (χ1) is 4.93. The average Bonchev–Trinajstić information content (AvgIpc) is 2.41. The molecule has 54 valence electrons. The second kappa shape index (κ2) is 3.54. The first kappa shape index (κ1) is 6.66. The quantitative estimate of drug-likeness (QED) is 0.471. The van der Waals surface area contributed by atoms with E-state index in [9.17, 15) is 0 Å². The average molecular weight is 141 g/mol. The Bertz CT molecular complexity index is 193. The van der Waals surface area contributed by atoms with Gasteiger partial charge in [0, 0.05) is 0 Å². The minimum absolute atomic E-state index is 0.272. The van der Waals surface area contributed by atoms with Crippen LogP contribution in [0.1, 0.15) is 6.92 Å². The molecule has 10 heavy (non-hydrogen) atoms. The molecule has 1 aromatic heterocycles. The molecule has 0 aromatic carbocycles. The summed E-state index contributed by atoms with van der Waals surface area (Å²) in [6, 6.07) is 0. The second-order valence-corrected chi connectivity index (χ2v) is 1.40. The first-order valence-electron chi connectivity index (χ1n) is 2.81. The fourth-order valence-electron chi connectivity index (χ4n) is 0.370. The zero-order chi connectivity index (χ0) is 7.23. The smallest absolute Gasteiger partial charge is 0.291 e. The van der Waals surface area contributed by atoms with Gasteiger partial charge >= 0.3 is 0 Å². The molecule has 0 spiro atoms. The number of ether oxygens (including phenoxy) is 1. The molecule has 6 heteroatoms. The minimum Gasteiger partial charge on any atom is -0.483 e. The third-order valence-corrected chi connectivity index (χ3v) is 0.744. The number of rotatable bonds is 3. The highest BCUT2D eigenvalue weighted by molar-refractivity contribution is 5.50. The molecule has 0 amide bonds. The van der Waals surface area contributed by atoms with Crippen molar-refractivity contribution in [3.63, 3.8) is 0 Å². The standard InChI is InChI=1S/C4H7N5O/c1-2-10-3-5-4-6-8-9-7-4/h3H,2H2,1H3,(H,6,7,8,9). The lowest BCUT2D eigenvalue weighted by molar-refractivity contribution is 0.343. The normalized spacial score (nSPS) is 10.5. The molecule has 0 aliphatic carbocycles. The van der Waals surface area contributed by atoms with Crippen molar-refractivity contribution < 1.29 is 4.74 Å². The Morgan fingerprint density at radius 3 is 3.30 bits per heavy atom. The second-order valence-electron chi connectivity index (χ2n) is 1.40. The number of hydrogen-bond donors (Lipinski definition) is 1. The molecule has 0 unspecified atom stereocenters. The number of nitrogens with one attached hydrogen (secondary N) is 1. The molecule has 0 atom stereocenters. The van der Waals surface area contributed by atoms with Gasteiger partial charge < -0.3 is 4.74 Å². The SMILES string of the molecule is CCOC=Nc1nn[nH]n1. The highest BCUT2D eigenvalue weighted by Crippen LogP contribution is 1.93. The van der Waals surface area contributed by atoms with Crippen molar-refractivity contribution in [1.82, 2.24) is 20.6 Å². The van der Waals surface area contributed by atoms with Crippen LogP contribution in [-0.2, 0) is 4.74 Å². The summed E-state index contributed by atoms with van der Waals surface area (Å²) in [4.78, 5) is 3.69. The van der Waals surface area contributed by atoms with E-state index in [1.807, 2.05) is 6.92 Å². The summed E-state index contributed by atoms with van der Waals surface area (Å²) in [5.74, 6) is 0.272. The lowest BCUT2D eigenvalue weighted by Crippen LogP contribution is -1.83. The van der Waals surface area contributed by atoms with E-state index < -0.39 is 0 Å². The number of tetrazole rings is 1. The van der Waals surface area contributed by atoms with Crippen molar-refractivity contribution in [2.75, 3.05) is 6.61 Å². The van der Waals surface area contributed by atoms with Crippen LogP contribution in [0.2, 0.25) is 0 Å². The van der Waals surface area contributed by atoms with E-state index in [0.717, 1.165) is 0 Å². The van der Waals surface area contributed by atoms with Gasteiger partial charge in [-0.1, -0.05) is 5.10 Å². The molecular weight excluding hydrogens is 134 g/mol. The zero-order valence-electron chi connectivity index (χ0n) is 5.48. The Balaban J connectivity index is 2.40. The molecule has 0 aliphatic rings. The highest BCUT2D eigenvalue weighted by Gasteiger charge is 1.88. The van der Waals surface area contributed by atoms with E-state index in [0.29, 0.717) is 6.61 Å². The largest absolute Gasteiger partial charge is 0.483 e. The van der Waals surface area contributed by atoms with Crippen LogP contribution < -0.4 is 0 Å². The van der Waals surface area contributed by atoms with Gasteiger partial charge in [-0.15, -0.1) is 5.10 Å². The van der Waals surface area contributed by atoms with E-state index in [1.54, 1.807) is 0 Å². The molecule has 0 fully saturated rings. The van der Waals surface area contributed by atoms with Crippen LogP contribution in [-0.4, -0.2) is 33.6 Å². The van der Waals surface area contributed by atoms with E-state index >= 15 is 0 Å². The van der Waals surface area contributed by atoms with Crippen molar-refractivity contribution >= 4 is 12.3 Å². The molecule has 0 saturated carbocycles. The van der Waals surface area contributed by atoms with Crippen LogP contribution in [0, 0.1) is 0 Å². The fraction of sp³-hybridized carbons (Fsp3) is 0.500. The Morgan fingerprint density at radius 1 is 1.80 bits per heavy atom. The summed E-state index contributed by atoms with van der Waals surface area (Å²) >= 11 is 0. The number of aliphatic imine (C=N–C) groups is 1. The maximum atomic E-state index is 4.79. The molecular formula is C4H7N5O. The van der Waals surface area contributed by atoms with E-state index in [1.165, 1.54) is 6.40 Å². The van der Waals surface area contributed by atoms with Crippen LogP contribution in [0.5, 0.6) is 0 Å². The number of hydrogen-bond acceptors (Lipinski definition) is 5. The third kappa shape index (κ3) is 1.81. The lowest BCUT2D eigenvalue weighted by atomic mass is 10.9. The molecule has 6 nitrogen and oxygen atoms in total. The number of aromatic amines is 1. The van der Waals surface area contributed by atoms with Crippen LogP contribution >= 0.6 is 0 Å². The van der Waals surface area contributed by atoms with Crippen molar-refractivity contribution in [3.05, 3.63) is 0 Å². The molecule has 0 aliphatic heterocycles. The molecule has 0 saturated heterocycles. The summed E-state index contributed by atoms with van der Waals surface area (Å²) in [6.45, 7) is 2.45. The van der Waals surface area contributed by atoms with Gasteiger partial charge in [-0.05, 0) is 12.1 Å². The topological polar surface area (TPSA) is 76.1 Å². The maximum Gasteiger partial charge on any atom is 0.291 e. The Kier molecular flexibility index (Phi) is 2.36. The summed E-state index contributed by atoms with van der Waals surface area (Å²) in [5.41, 5.74) is 0. The van der Waals surface area contributed by atoms with Gasteiger partial charge in [-0.2, -0.15) is 10.2 Å². The molecule has 0 bridgehead atoms. The predicted molar refractivity (Wildman–Crippen MR) is 34.0 cm³/mol. The van der Waals surface area contributed by atoms with Crippen LogP contribution in [0.15, 0.2) is 4.99 Å². The van der Waals surface area contributed by atoms with Crippen molar-refractivity contribution in [3.8, 4) is 0 Å². The Morgan fingerprint density at radius 2 is 2.70 bits per heavy atom. The van der Waals surface area contributed by atoms with E-state index in [2.05, 4.69) is 25.6 Å². The van der Waals surface area contributed by atoms with Gasteiger partial charge in [0.15, 0.2) is 6.40 Å². The maximum absolute atomic E-state index is 4.79. The molecule has 1 aromatic rings. The third-order valence-electron chi connectivity index (χ3n) is 0.744. The van der Waals surface area contributed by atoms with Crippen molar-refractivity contribution in [2.45, 2.75) is 6.92 Å². The van der Waals surface area contributed by atoms with E-state index in [-0.39, 0.29) is 5.95 Å². The van der Waals surface area contributed by atoms with Crippen LogP contribution in [0.25, 0.3) is 0 Å². The number of nitrogens with zero attached hydrogens (tertiary/aromatic N) is 4. The first-order valence-corrected chi connectivity index (χ1v) is 2.81. The Labute approximate surface area is 57.3 Å². The summed E-state index contributed by atoms with van der Waals surface area (Å²) in [7, 11) is 0. The monoisotopic (exact) mass is 141 g/mol. The summed E-state index contributed by atoms with van der Waals surface area (Å²) in [6.07, 6.45) is 1.28. The molecule has 1 N–H and O–H groups in total. The number of aromatic nitrogens is 4. The Hall–Kier alpha value is -1.46. The highest BCUT2D eigenvalue weighted by atomic mass is 16.5. The van der Waals surface area contributed by atoms with Gasteiger partial charge in [-0.3, -0.25) is 0 Å². The molecule has 0 radical (unpaired) electrons. The summed E-state index contributed by atoms with van der Waals surface area (Å²) in [5, 5.41) is 12.7.